The van der Waals surface area contributed by atoms with Gasteiger partial charge in [0.1, 0.15) is 0 Å². The SMILES string of the molecule is COCCCNC(=O)[C@H]1CCC[C@H](C)N1. The Morgan fingerprint density at radius 1 is 1.53 bits per heavy atom. The zero-order valence-corrected chi connectivity index (χ0v) is 9.71. The number of hydrogen-bond acceptors (Lipinski definition) is 3. The summed E-state index contributed by atoms with van der Waals surface area (Å²) in [6, 6.07) is 0.477. The first-order valence-corrected chi connectivity index (χ1v) is 5.76. The molecule has 15 heavy (non-hydrogen) atoms. The van der Waals surface area contributed by atoms with Crippen LogP contribution in [0.25, 0.3) is 0 Å². The number of nitrogens with one attached hydrogen (secondary N) is 2. The van der Waals surface area contributed by atoms with Crippen LogP contribution in [0, 0.1) is 0 Å². The number of methoxy groups -OCH3 is 1. The van der Waals surface area contributed by atoms with Crippen LogP contribution in [0.15, 0.2) is 0 Å². The first-order chi connectivity index (χ1) is 7.24. The molecule has 0 aromatic heterocycles. The lowest BCUT2D eigenvalue weighted by atomic mass is 9.99. The van der Waals surface area contributed by atoms with Gasteiger partial charge in [-0.3, -0.25) is 4.79 Å². The fourth-order valence-electron chi connectivity index (χ4n) is 1.90. The molecule has 2 N–H and O–H groups in total. The second-order valence-corrected chi connectivity index (χ2v) is 4.19. The quantitative estimate of drug-likeness (QED) is 0.661. The summed E-state index contributed by atoms with van der Waals surface area (Å²) in [5.41, 5.74) is 0. The van der Waals surface area contributed by atoms with Gasteiger partial charge in [-0.15, -0.1) is 0 Å². The van der Waals surface area contributed by atoms with Gasteiger partial charge in [-0.1, -0.05) is 0 Å². The van der Waals surface area contributed by atoms with E-state index in [2.05, 4.69) is 17.6 Å². The Hall–Kier alpha value is -0.610. The minimum atomic E-state index is 0.0105. The third kappa shape index (κ3) is 4.62. The van der Waals surface area contributed by atoms with Gasteiger partial charge in [0.05, 0.1) is 6.04 Å². The Kier molecular flexibility index (Phi) is 5.65. The largest absolute Gasteiger partial charge is 0.385 e. The van der Waals surface area contributed by atoms with Crippen molar-refractivity contribution in [3.05, 3.63) is 0 Å². The average Bonchev–Trinajstić information content (AvgIpc) is 2.24. The van der Waals surface area contributed by atoms with Gasteiger partial charge in [-0.05, 0) is 32.6 Å². The van der Waals surface area contributed by atoms with Gasteiger partial charge < -0.3 is 15.4 Å². The summed E-state index contributed by atoms with van der Waals surface area (Å²) in [4.78, 5) is 11.7. The Labute approximate surface area is 91.8 Å². The average molecular weight is 214 g/mol. The maximum absolute atomic E-state index is 11.7. The smallest absolute Gasteiger partial charge is 0.237 e. The normalized spacial score (nSPS) is 26.3. The van der Waals surface area contributed by atoms with Crippen molar-refractivity contribution in [2.45, 2.75) is 44.7 Å². The molecule has 0 aromatic carbocycles. The van der Waals surface area contributed by atoms with E-state index in [1.54, 1.807) is 7.11 Å². The number of piperidine rings is 1. The Morgan fingerprint density at radius 2 is 2.33 bits per heavy atom. The summed E-state index contributed by atoms with van der Waals surface area (Å²) in [5.74, 6) is 0.137. The molecular weight excluding hydrogens is 192 g/mol. The molecule has 1 aliphatic rings. The third-order valence-electron chi connectivity index (χ3n) is 2.76. The van der Waals surface area contributed by atoms with Gasteiger partial charge in [-0.2, -0.15) is 0 Å². The van der Waals surface area contributed by atoms with Gasteiger partial charge in [0.15, 0.2) is 0 Å². The maximum atomic E-state index is 11.7. The van der Waals surface area contributed by atoms with E-state index in [-0.39, 0.29) is 11.9 Å². The lowest BCUT2D eigenvalue weighted by molar-refractivity contribution is -0.124. The summed E-state index contributed by atoms with van der Waals surface area (Å²) in [6.45, 7) is 3.54. The molecule has 1 aliphatic heterocycles. The topological polar surface area (TPSA) is 50.4 Å². The summed E-state index contributed by atoms with van der Waals surface area (Å²) in [6.07, 6.45) is 4.16. The van der Waals surface area contributed by atoms with Crippen molar-refractivity contribution < 1.29 is 9.53 Å². The van der Waals surface area contributed by atoms with E-state index in [4.69, 9.17) is 4.74 Å². The molecule has 88 valence electrons. The number of ether oxygens (including phenoxy) is 1. The van der Waals surface area contributed by atoms with Crippen LogP contribution in [0.1, 0.15) is 32.6 Å². The van der Waals surface area contributed by atoms with Crippen molar-refractivity contribution in [3.63, 3.8) is 0 Å². The fraction of sp³-hybridized carbons (Fsp3) is 0.909. The summed E-state index contributed by atoms with van der Waals surface area (Å²) in [7, 11) is 1.67. The van der Waals surface area contributed by atoms with Gasteiger partial charge in [0.2, 0.25) is 5.91 Å². The van der Waals surface area contributed by atoms with Gasteiger partial charge in [0.25, 0.3) is 0 Å². The molecule has 4 nitrogen and oxygen atoms in total. The summed E-state index contributed by atoms with van der Waals surface area (Å²) >= 11 is 0. The van der Waals surface area contributed by atoms with E-state index in [1.165, 1.54) is 6.42 Å². The highest BCUT2D eigenvalue weighted by molar-refractivity contribution is 5.81. The first kappa shape index (κ1) is 12.5. The lowest BCUT2D eigenvalue weighted by Crippen LogP contribution is -2.50. The van der Waals surface area contributed by atoms with Crippen molar-refractivity contribution in [2.24, 2.45) is 0 Å². The molecule has 1 heterocycles. The van der Waals surface area contributed by atoms with E-state index in [9.17, 15) is 4.79 Å². The number of carbonyl (C=O) groups is 1. The molecule has 4 heteroatoms. The lowest BCUT2D eigenvalue weighted by Gasteiger charge is -2.27. The predicted molar refractivity (Wildman–Crippen MR) is 59.7 cm³/mol. The first-order valence-electron chi connectivity index (χ1n) is 5.76. The Bertz CT molecular complexity index is 197. The Balaban J connectivity index is 2.15. The minimum absolute atomic E-state index is 0.0105. The molecule has 0 saturated carbocycles. The highest BCUT2D eigenvalue weighted by Gasteiger charge is 2.23. The summed E-state index contributed by atoms with van der Waals surface area (Å²) in [5, 5.41) is 6.24. The second-order valence-electron chi connectivity index (χ2n) is 4.19. The van der Waals surface area contributed by atoms with Crippen LogP contribution in [-0.2, 0) is 9.53 Å². The standard InChI is InChI=1S/C11H22N2O2/c1-9-5-3-6-10(13-9)11(14)12-7-4-8-15-2/h9-10,13H,3-8H2,1-2H3,(H,12,14)/t9-,10+/m0/s1. The van der Waals surface area contributed by atoms with Crippen LogP contribution in [0.3, 0.4) is 0 Å². The molecule has 0 aliphatic carbocycles. The van der Waals surface area contributed by atoms with Crippen molar-refractivity contribution in [2.75, 3.05) is 20.3 Å². The highest BCUT2D eigenvalue weighted by Crippen LogP contribution is 2.12. The van der Waals surface area contributed by atoms with Crippen molar-refractivity contribution >= 4 is 5.91 Å². The van der Waals surface area contributed by atoms with Crippen molar-refractivity contribution in [3.8, 4) is 0 Å². The fourth-order valence-corrected chi connectivity index (χ4v) is 1.90. The molecule has 0 radical (unpaired) electrons. The van der Waals surface area contributed by atoms with Gasteiger partial charge >= 0.3 is 0 Å². The van der Waals surface area contributed by atoms with Crippen LogP contribution in [-0.4, -0.2) is 38.3 Å². The Morgan fingerprint density at radius 3 is 3.00 bits per heavy atom. The number of rotatable bonds is 5. The zero-order chi connectivity index (χ0) is 11.1. The molecule has 0 bridgehead atoms. The van der Waals surface area contributed by atoms with Crippen LogP contribution < -0.4 is 10.6 Å². The van der Waals surface area contributed by atoms with E-state index in [1.807, 2.05) is 0 Å². The highest BCUT2D eigenvalue weighted by atomic mass is 16.5. The van der Waals surface area contributed by atoms with Crippen LogP contribution >= 0.6 is 0 Å². The molecule has 0 aromatic rings. The zero-order valence-electron chi connectivity index (χ0n) is 9.71. The molecule has 1 fully saturated rings. The van der Waals surface area contributed by atoms with Crippen LogP contribution in [0.5, 0.6) is 0 Å². The predicted octanol–water partition coefficient (Wildman–Crippen LogP) is 0.670. The minimum Gasteiger partial charge on any atom is -0.385 e. The third-order valence-corrected chi connectivity index (χ3v) is 2.76. The van der Waals surface area contributed by atoms with Gasteiger partial charge in [0, 0.05) is 26.3 Å². The van der Waals surface area contributed by atoms with E-state index in [0.717, 1.165) is 19.3 Å². The molecule has 1 saturated heterocycles. The maximum Gasteiger partial charge on any atom is 0.237 e. The van der Waals surface area contributed by atoms with Crippen molar-refractivity contribution in [1.82, 2.24) is 10.6 Å². The number of hydrogen-bond donors (Lipinski definition) is 2. The van der Waals surface area contributed by atoms with Crippen LogP contribution in [0.2, 0.25) is 0 Å². The number of amides is 1. The van der Waals surface area contributed by atoms with Crippen LogP contribution in [0.4, 0.5) is 0 Å². The monoisotopic (exact) mass is 214 g/mol. The summed E-state index contributed by atoms with van der Waals surface area (Å²) < 4.78 is 4.92. The molecule has 1 rings (SSSR count). The molecule has 0 spiro atoms. The van der Waals surface area contributed by atoms with Gasteiger partial charge in [-0.25, -0.2) is 0 Å². The molecule has 1 amide bonds. The molecule has 0 unspecified atom stereocenters. The number of carbonyl (C=O) groups excluding carboxylic acids is 1. The second kappa shape index (κ2) is 6.80. The van der Waals surface area contributed by atoms with E-state index in [0.29, 0.717) is 19.2 Å². The van der Waals surface area contributed by atoms with E-state index < -0.39 is 0 Å². The molecule has 2 atom stereocenters. The van der Waals surface area contributed by atoms with E-state index >= 15 is 0 Å². The van der Waals surface area contributed by atoms with Crippen molar-refractivity contribution in [1.29, 1.82) is 0 Å². The molecular formula is C11H22N2O2.